The Morgan fingerprint density at radius 1 is 1.29 bits per heavy atom. The van der Waals surface area contributed by atoms with Crippen molar-refractivity contribution in [3.63, 3.8) is 0 Å². The average Bonchev–Trinajstić information content (AvgIpc) is 2.35. The van der Waals surface area contributed by atoms with Crippen molar-refractivity contribution in [3.05, 3.63) is 35.4 Å². The van der Waals surface area contributed by atoms with Gasteiger partial charge >= 0.3 is 0 Å². The van der Waals surface area contributed by atoms with Crippen LogP contribution in [0, 0.1) is 5.92 Å². The molecule has 1 aromatic rings. The van der Waals surface area contributed by atoms with Gasteiger partial charge in [-0.05, 0) is 30.0 Å². The highest BCUT2D eigenvalue weighted by molar-refractivity contribution is 5.94. The maximum absolute atomic E-state index is 11.8. The molecule has 1 aromatic carbocycles. The molecule has 1 unspecified atom stereocenters. The first kappa shape index (κ1) is 13.7. The van der Waals surface area contributed by atoms with Gasteiger partial charge in [0, 0.05) is 18.2 Å². The molecular weight excluding hydrogens is 212 g/mol. The number of hydrogen-bond donors (Lipinski definition) is 2. The monoisotopic (exact) mass is 234 g/mol. The Labute approximate surface area is 103 Å². The first-order valence-electron chi connectivity index (χ1n) is 6.17. The van der Waals surface area contributed by atoms with Gasteiger partial charge in [-0.1, -0.05) is 32.9 Å². The fourth-order valence-electron chi connectivity index (χ4n) is 1.44. The van der Waals surface area contributed by atoms with Gasteiger partial charge in [0.05, 0.1) is 0 Å². The maximum Gasteiger partial charge on any atom is 0.251 e. The minimum absolute atomic E-state index is 0.00821. The fourth-order valence-corrected chi connectivity index (χ4v) is 1.44. The van der Waals surface area contributed by atoms with Crippen molar-refractivity contribution < 1.29 is 4.79 Å². The first-order valence-corrected chi connectivity index (χ1v) is 6.17. The normalized spacial score (nSPS) is 12.5. The molecule has 0 bridgehead atoms. The summed E-state index contributed by atoms with van der Waals surface area (Å²) in [7, 11) is 0. The lowest BCUT2D eigenvalue weighted by molar-refractivity contribution is 0.0949. The number of aryl methyl sites for hydroxylation is 1. The Balaban J connectivity index is 2.52. The molecule has 0 aliphatic rings. The SMILES string of the molecule is CCc1ccc(C(=O)NCC(N)C(C)C)cc1. The molecule has 0 spiro atoms. The summed E-state index contributed by atoms with van der Waals surface area (Å²) >= 11 is 0. The summed E-state index contributed by atoms with van der Waals surface area (Å²) in [5.41, 5.74) is 7.80. The molecule has 0 fully saturated rings. The molecule has 0 aromatic heterocycles. The van der Waals surface area contributed by atoms with Crippen molar-refractivity contribution in [1.82, 2.24) is 5.32 Å². The second kappa shape index (κ2) is 6.40. The third-order valence-corrected chi connectivity index (χ3v) is 2.98. The van der Waals surface area contributed by atoms with E-state index in [1.54, 1.807) is 0 Å². The van der Waals surface area contributed by atoms with E-state index in [2.05, 4.69) is 12.2 Å². The van der Waals surface area contributed by atoms with Crippen LogP contribution in [0.3, 0.4) is 0 Å². The van der Waals surface area contributed by atoms with Crippen LogP contribution in [0.2, 0.25) is 0 Å². The average molecular weight is 234 g/mol. The van der Waals surface area contributed by atoms with E-state index >= 15 is 0 Å². The van der Waals surface area contributed by atoms with Crippen LogP contribution in [0.15, 0.2) is 24.3 Å². The number of amides is 1. The minimum Gasteiger partial charge on any atom is -0.350 e. The number of carbonyl (C=O) groups excluding carboxylic acids is 1. The quantitative estimate of drug-likeness (QED) is 0.818. The Bertz CT molecular complexity index is 357. The Morgan fingerprint density at radius 3 is 2.35 bits per heavy atom. The van der Waals surface area contributed by atoms with E-state index in [4.69, 9.17) is 5.73 Å². The third-order valence-electron chi connectivity index (χ3n) is 2.98. The van der Waals surface area contributed by atoms with Crippen LogP contribution in [-0.4, -0.2) is 18.5 Å². The van der Waals surface area contributed by atoms with Gasteiger partial charge < -0.3 is 11.1 Å². The molecule has 0 heterocycles. The van der Waals surface area contributed by atoms with Crippen molar-refractivity contribution in [3.8, 4) is 0 Å². The summed E-state index contributed by atoms with van der Waals surface area (Å²) in [5, 5.41) is 2.85. The topological polar surface area (TPSA) is 55.1 Å². The van der Waals surface area contributed by atoms with Crippen molar-refractivity contribution in [2.75, 3.05) is 6.54 Å². The van der Waals surface area contributed by atoms with E-state index in [-0.39, 0.29) is 11.9 Å². The molecule has 1 atom stereocenters. The van der Waals surface area contributed by atoms with Gasteiger partial charge in [-0.15, -0.1) is 0 Å². The zero-order valence-corrected chi connectivity index (χ0v) is 10.9. The number of nitrogens with two attached hydrogens (primary N) is 1. The van der Waals surface area contributed by atoms with Gasteiger partial charge in [0.2, 0.25) is 0 Å². The Hall–Kier alpha value is -1.35. The molecule has 0 aliphatic heterocycles. The molecule has 0 saturated heterocycles. The number of nitrogens with one attached hydrogen (secondary N) is 1. The largest absolute Gasteiger partial charge is 0.350 e. The predicted molar refractivity (Wildman–Crippen MR) is 71.0 cm³/mol. The van der Waals surface area contributed by atoms with Gasteiger partial charge in [-0.3, -0.25) is 4.79 Å². The molecule has 0 aliphatic carbocycles. The second-order valence-electron chi connectivity index (χ2n) is 4.67. The molecule has 3 nitrogen and oxygen atoms in total. The highest BCUT2D eigenvalue weighted by Gasteiger charge is 2.10. The molecule has 0 radical (unpaired) electrons. The van der Waals surface area contributed by atoms with Crippen LogP contribution in [0.25, 0.3) is 0 Å². The van der Waals surface area contributed by atoms with E-state index in [0.717, 1.165) is 6.42 Å². The van der Waals surface area contributed by atoms with Gasteiger partial charge in [0.25, 0.3) is 5.91 Å². The van der Waals surface area contributed by atoms with Gasteiger partial charge in [-0.25, -0.2) is 0 Å². The smallest absolute Gasteiger partial charge is 0.251 e. The summed E-state index contributed by atoms with van der Waals surface area (Å²) in [6.07, 6.45) is 0.986. The lowest BCUT2D eigenvalue weighted by atomic mass is 10.1. The van der Waals surface area contributed by atoms with E-state index in [1.165, 1.54) is 5.56 Å². The van der Waals surface area contributed by atoms with Crippen LogP contribution in [0.4, 0.5) is 0 Å². The molecule has 0 saturated carbocycles. The lowest BCUT2D eigenvalue weighted by Gasteiger charge is -2.16. The zero-order valence-electron chi connectivity index (χ0n) is 10.9. The van der Waals surface area contributed by atoms with Gasteiger partial charge in [0.1, 0.15) is 0 Å². The number of carbonyl (C=O) groups is 1. The number of hydrogen-bond acceptors (Lipinski definition) is 2. The molecule has 3 heteroatoms. The molecule has 3 N–H and O–H groups in total. The van der Waals surface area contributed by atoms with Crippen LogP contribution in [0.5, 0.6) is 0 Å². The van der Waals surface area contributed by atoms with Crippen LogP contribution in [0.1, 0.15) is 36.7 Å². The van der Waals surface area contributed by atoms with Crippen molar-refractivity contribution in [2.45, 2.75) is 33.2 Å². The maximum atomic E-state index is 11.8. The van der Waals surface area contributed by atoms with Crippen molar-refractivity contribution in [2.24, 2.45) is 11.7 Å². The van der Waals surface area contributed by atoms with Crippen LogP contribution >= 0.6 is 0 Å². The van der Waals surface area contributed by atoms with Gasteiger partial charge in [0.15, 0.2) is 0 Å². The third kappa shape index (κ3) is 4.19. The number of benzene rings is 1. The van der Waals surface area contributed by atoms with E-state index in [9.17, 15) is 4.79 Å². The standard InChI is InChI=1S/C14H22N2O/c1-4-11-5-7-12(8-6-11)14(17)16-9-13(15)10(2)3/h5-8,10,13H,4,9,15H2,1-3H3,(H,16,17). The zero-order chi connectivity index (χ0) is 12.8. The number of rotatable bonds is 5. The summed E-state index contributed by atoms with van der Waals surface area (Å²) in [4.78, 5) is 11.8. The summed E-state index contributed by atoms with van der Waals surface area (Å²) < 4.78 is 0. The second-order valence-corrected chi connectivity index (χ2v) is 4.67. The molecule has 1 rings (SSSR count). The Morgan fingerprint density at radius 2 is 1.88 bits per heavy atom. The highest BCUT2D eigenvalue weighted by Crippen LogP contribution is 2.05. The molecule has 94 valence electrons. The van der Waals surface area contributed by atoms with Crippen LogP contribution < -0.4 is 11.1 Å². The highest BCUT2D eigenvalue weighted by atomic mass is 16.1. The van der Waals surface area contributed by atoms with Gasteiger partial charge in [-0.2, -0.15) is 0 Å². The lowest BCUT2D eigenvalue weighted by Crippen LogP contribution is -2.40. The van der Waals surface area contributed by atoms with Crippen LogP contribution in [-0.2, 0) is 6.42 Å². The van der Waals surface area contributed by atoms with E-state index in [1.807, 2.05) is 38.1 Å². The van der Waals surface area contributed by atoms with E-state index < -0.39 is 0 Å². The Kier molecular flexibility index (Phi) is 5.16. The van der Waals surface area contributed by atoms with Crippen molar-refractivity contribution >= 4 is 5.91 Å². The molecule has 17 heavy (non-hydrogen) atoms. The minimum atomic E-state index is -0.0521. The summed E-state index contributed by atoms with van der Waals surface area (Å²) in [5.74, 6) is 0.321. The van der Waals surface area contributed by atoms with Crippen molar-refractivity contribution in [1.29, 1.82) is 0 Å². The summed E-state index contributed by atoms with van der Waals surface area (Å²) in [6, 6.07) is 7.69. The fraction of sp³-hybridized carbons (Fsp3) is 0.500. The molecule has 1 amide bonds. The predicted octanol–water partition coefficient (Wildman–Crippen LogP) is 1.96. The first-order chi connectivity index (χ1) is 8.04. The summed E-state index contributed by atoms with van der Waals surface area (Å²) in [6.45, 7) is 6.71. The molecular formula is C14H22N2O. The van der Waals surface area contributed by atoms with E-state index in [0.29, 0.717) is 18.0 Å².